The third-order valence-electron chi connectivity index (χ3n) is 7.52. The molecule has 2 amide bonds. The highest BCUT2D eigenvalue weighted by molar-refractivity contribution is 7.92. The third-order valence-corrected chi connectivity index (χ3v) is 9.80. The summed E-state index contributed by atoms with van der Waals surface area (Å²) in [5, 5.41) is 3.72. The fourth-order valence-corrected chi connectivity index (χ4v) is 6.50. The Morgan fingerprint density at radius 2 is 1.49 bits per heavy atom. The van der Waals surface area contributed by atoms with Gasteiger partial charge in [-0.15, -0.1) is 0 Å². The van der Waals surface area contributed by atoms with E-state index in [0.29, 0.717) is 16.5 Å². The van der Waals surface area contributed by atoms with Crippen LogP contribution in [-0.2, 0) is 32.6 Å². The van der Waals surface area contributed by atoms with Crippen LogP contribution in [0, 0.1) is 6.92 Å². The summed E-state index contributed by atoms with van der Waals surface area (Å²) in [6.07, 6.45) is 0.944. The normalized spacial score (nSPS) is 12.6. The first-order valence-electron chi connectivity index (χ1n) is 14.7. The van der Waals surface area contributed by atoms with Gasteiger partial charge < -0.3 is 10.2 Å². The molecule has 236 valence electrons. The van der Waals surface area contributed by atoms with E-state index in [0.717, 1.165) is 21.0 Å². The average Bonchev–Trinajstić information content (AvgIpc) is 3.02. The van der Waals surface area contributed by atoms with Crippen molar-refractivity contribution in [1.29, 1.82) is 0 Å². The molecule has 0 radical (unpaired) electrons. The van der Waals surface area contributed by atoms with E-state index in [1.165, 1.54) is 35.2 Å². The van der Waals surface area contributed by atoms with Gasteiger partial charge >= 0.3 is 0 Å². The van der Waals surface area contributed by atoms with Crippen molar-refractivity contribution in [2.24, 2.45) is 0 Å². The first-order valence-corrected chi connectivity index (χ1v) is 16.9. The number of benzene rings is 4. The van der Waals surface area contributed by atoms with Crippen molar-refractivity contribution in [1.82, 2.24) is 10.2 Å². The second kappa shape index (κ2) is 15.4. The van der Waals surface area contributed by atoms with Gasteiger partial charge in [0.15, 0.2) is 0 Å². The van der Waals surface area contributed by atoms with Crippen LogP contribution in [0.15, 0.2) is 108 Å². The highest BCUT2D eigenvalue weighted by Gasteiger charge is 2.35. The summed E-state index contributed by atoms with van der Waals surface area (Å²) in [6.45, 7) is 5.36. The second-order valence-electron chi connectivity index (χ2n) is 11.0. The average molecular weight is 667 g/mol. The lowest BCUT2D eigenvalue weighted by atomic mass is 10.0. The molecule has 1 N–H and O–H groups in total. The van der Waals surface area contributed by atoms with Crippen molar-refractivity contribution in [2.45, 2.75) is 57.1 Å². The van der Waals surface area contributed by atoms with Gasteiger partial charge in [0.1, 0.15) is 12.6 Å². The fourth-order valence-electron chi connectivity index (χ4n) is 4.78. The van der Waals surface area contributed by atoms with E-state index in [1.54, 1.807) is 18.2 Å². The molecule has 0 spiro atoms. The molecule has 0 saturated heterocycles. The van der Waals surface area contributed by atoms with Crippen LogP contribution < -0.4 is 9.62 Å². The summed E-state index contributed by atoms with van der Waals surface area (Å²) >= 11 is 12.3. The number of hydrogen-bond donors (Lipinski definition) is 1. The highest BCUT2D eigenvalue weighted by atomic mass is 35.5. The van der Waals surface area contributed by atoms with Crippen molar-refractivity contribution >= 4 is 50.7 Å². The van der Waals surface area contributed by atoms with Gasteiger partial charge in [-0.1, -0.05) is 96.4 Å². The number of anilines is 1. The Bertz CT molecular complexity index is 1700. The van der Waals surface area contributed by atoms with Gasteiger partial charge in [-0.2, -0.15) is 0 Å². The van der Waals surface area contributed by atoms with E-state index in [2.05, 4.69) is 5.32 Å². The zero-order valence-corrected chi connectivity index (χ0v) is 27.8. The monoisotopic (exact) mass is 665 g/mol. The zero-order chi connectivity index (χ0) is 32.6. The van der Waals surface area contributed by atoms with E-state index in [9.17, 15) is 18.0 Å². The molecule has 0 fully saturated rings. The second-order valence-corrected chi connectivity index (χ2v) is 13.7. The van der Waals surface area contributed by atoms with Gasteiger partial charge in [0.05, 0.1) is 10.6 Å². The Morgan fingerprint density at radius 1 is 0.822 bits per heavy atom. The number of amides is 2. The number of aryl methyl sites for hydroxylation is 1. The number of nitrogens with one attached hydrogen (secondary N) is 1. The minimum Gasteiger partial charge on any atom is -0.352 e. The van der Waals surface area contributed by atoms with E-state index >= 15 is 0 Å². The first-order chi connectivity index (χ1) is 21.5. The quantitative estimate of drug-likeness (QED) is 0.166. The molecule has 0 aliphatic rings. The number of nitrogens with zero attached hydrogens (tertiary/aromatic N) is 2. The van der Waals surface area contributed by atoms with Crippen molar-refractivity contribution in [3.8, 4) is 0 Å². The maximum atomic E-state index is 14.5. The number of halogens is 2. The standard InChI is InChI=1S/C35H37Cl2N3O4S/c1-4-26(3)38-35(42)33(21-27-9-6-5-7-10-27)39(23-28-15-13-25(2)14-16-28)34(41)24-40(31-12-8-11-30(37)22-31)45(43,44)32-19-17-29(36)18-20-32/h5-20,22,26,33H,4,21,23-24H2,1-3H3,(H,38,42)/t26-,33-/m0/s1. The zero-order valence-electron chi connectivity index (χ0n) is 25.5. The summed E-state index contributed by atoms with van der Waals surface area (Å²) in [5.41, 5.74) is 2.93. The van der Waals surface area contributed by atoms with Crippen LogP contribution in [0.3, 0.4) is 0 Å². The Kier molecular flexibility index (Phi) is 11.7. The molecule has 0 aliphatic heterocycles. The molecular weight excluding hydrogens is 629 g/mol. The smallest absolute Gasteiger partial charge is 0.264 e. The summed E-state index contributed by atoms with van der Waals surface area (Å²) in [4.78, 5) is 29.8. The lowest BCUT2D eigenvalue weighted by molar-refractivity contribution is -0.140. The molecule has 4 aromatic rings. The van der Waals surface area contributed by atoms with E-state index in [4.69, 9.17) is 23.2 Å². The van der Waals surface area contributed by atoms with Crippen molar-refractivity contribution in [2.75, 3.05) is 10.8 Å². The van der Waals surface area contributed by atoms with Crippen LogP contribution in [0.5, 0.6) is 0 Å². The summed E-state index contributed by atoms with van der Waals surface area (Å²) in [7, 11) is -4.25. The van der Waals surface area contributed by atoms with E-state index in [1.807, 2.05) is 75.4 Å². The summed E-state index contributed by atoms with van der Waals surface area (Å²) < 4.78 is 29.2. The van der Waals surface area contributed by atoms with Crippen molar-refractivity contribution in [3.63, 3.8) is 0 Å². The minimum absolute atomic E-state index is 0.0416. The Labute approximate surface area is 275 Å². The van der Waals surface area contributed by atoms with Gasteiger partial charge in [0.2, 0.25) is 11.8 Å². The van der Waals surface area contributed by atoms with Crippen molar-refractivity contribution in [3.05, 3.63) is 130 Å². The summed E-state index contributed by atoms with van der Waals surface area (Å²) in [5.74, 6) is -0.864. The Balaban J connectivity index is 1.80. The minimum atomic E-state index is -4.25. The largest absolute Gasteiger partial charge is 0.352 e. The lowest BCUT2D eigenvalue weighted by Gasteiger charge is -2.34. The van der Waals surface area contributed by atoms with Crippen LogP contribution in [0.1, 0.15) is 37.0 Å². The van der Waals surface area contributed by atoms with Crippen LogP contribution in [-0.4, -0.2) is 43.8 Å². The van der Waals surface area contributed by atoms with Gasteiger partial charge in [-0.05, 0) is 73.9 Å². The molecule has 10 heteroatoms. The van der Waals surface area contributed by atoms with Gasteiger partial charge in [0, 0.05) is 29.1 Å². The number of carbonyl (C=O) groups excluding carboxylic acids is 2. The molecule has 0 heterocycles. The molecule has 0 saturated carbocycles. The molecule has 7 nitrogen and oxygen atoms in total. The van der Waals surface area contributed by atoms with Gasteiger partial charge in [-0.3, -0.25) is 13.9 Å². The van der Waals surface area contributed by atoms with Crippen LogP contribution >= 0.6 is 23.2 Å². The fraction of sp³-hybridized carbons (Fsp3) is 0.257. The first kappa shape index (κ1) is 34.0. The van der Waals surface area contributed by atoms with Crippen LogP contribution in [0.4, 0.5) is 5.69 Å². The van der Waals surface area contributed by atoms with Crippen LogP contribution in [0.25, 0.3) is 0 Å². The van der Waals surface area contributed by atoms with Gasteiger partial charge in [0.25, 0.3) is 10.0 Å². The molecule has 0 aromatic heterocycles. The predicted molar refractivity (Wildman–Crippen MR) is 181 cm³/mol. The van der Waals surface area contributed by atoms with Gasteiger partial charge in [-0.25, -0.2) is 8.42 Å². The third kappa shape index (κ3) is 9.10. The van der Waals surface area contributed by atoms with E-state index in [-0.39, 0.29) is 35.5 Å². The lowest BCUT2D eigenvalue weighted by Crippen LogP contribution is -2.54. The Hall–Kier alpha value is -3.85. The topological polar surface area (TPSA) is 86.8 Å². The number of sulfonamides is 1. The predicted octanol–water partition coefficient (Wildman–Crippen LogP) is 7.05. The molecular formula is C35H37Cl2N3O4S. The Morgan fingerprint density at radius 3 is 2.11 bits per heavy atom. The molecule has 4 rings (SSSR count). The van der Waals surface area contributed by atoms with E-state index < -0.39 is 28.5 Å². The molecule has 0 unspecified atom stereocenters. The number of hydrogen-bond acceptors (Lipinski definition) is 4. The number of rotatable bonds is 13. The number of carbonyl (C=O) groups is 2. The molecule has 0 bridgehead atoms. The molecule has 45 heavy (non-hydrogen) atoms. The summed E-state index contributed by atoms with van der Waals surface area (Å²) in [6, 6.07) is 28.1. The SMILES string of the molecule is CC[C@H](C)NC(=O)[C@H](Cc1ccccc1)N(Cc1ccc(C)cc1)C(=O)CN(c1cccc(Cl)c1)S(=O)(=O)c1ccc(Cl)cc1. The maximum Gasteiger partial charge on any atom is 0.264 e. The maximum absolute atomic E-state index is 14.5. The molecule has 2 atom stereocenters. The molecule has 4 aromatic carbocycles. The van der Waals surface area contributed by atoms with Crippen LogP contribution in [0.2, 0.25) is 10.0 Å². The highest BCUT2D eigenvalue weighted by Crippen LogP contribution is 2.28. The molecule has 0 aliphatic carbocycles. The van der Waals surface area contributed by atoms with Crippen molar-refractivity contribution < 1.29 is 18.0 Å².